The van der Waals surface area contributed by atoms with E-state index in [2.05, 4.69) is 4.90 Å². The Labute approximate surface area is 115 Å². The van der Waals surface area contributed by atoms with Crippen LogP contribution < -0.4 is 0 Å². The minimum Gasteiger partial charge on any atom is -0.481 e. The molecule has 1 aliphatic heterocycles. The number of hydrogen-bond donors (Lipinski definition) is 1. The van der Waals surface area contributed by atoms with Gasteiger partial charge in [-0.15, -0.1) is 0 Å². The SMILES string of the molecule is O=C(O)C1CCCCCC1N1CCOC2CCCC21. The smallest absolute Gasteiger partial charge is 0.308 e. The second kappa shape index (κ2) is 5.80. The average molecular weight is 267 g/mol. The molecule has 2 aliphatic carbocycles. The maximum Gasteiger partial charge on any atom is 0.308 e. The second-order valence-corrected chi connectivity index (χ2v) is 6.30. The molecule has 4 unspecified atom stereocenters. The summed E-state index contributed by atoms with van der Waals surface area (Å²) in [7, 11) is 0. The molecule has 0 amide bonds. The van der Waals surface area contributed by atoms with Crippen LogP contribution in [-0.2, 0) is 9.53 Å². The summed E-state index contributed by atoms with van der Waals surface area (Å²) in [5.41, 5.74) is 0. The first-order valence-electron chi connectivity index (χ1n) is 7.87. The lowest BCUT2D eigenvalue weighted by atomic mass is 9.91. The van der Waals surface area contributed by atoms with Gasteiger partial charge in [0.25, 0.3) is 0 Å². The Morgan fingerprint density at radius 2 is 1.79 bits per heavy atom. The molecule has 3 fully saturated rings. The zero-order chi connectivity index (χ0) is 13.2. The lowest BCUT2D eigenvalue weighted by molar-refractivity contribution is -0.148. The van der Waals surface area contributed by atoms with Crippen LogP contribution in [0.4, 0.5) is 0 Å². The standard InChI is InChI=1S/C15H25NO3/c17-15(18)11-5-2-1-3-6-12(11)16-9-10-19-14-8-4-7-13(14)16/h11-14H,1-10H2,(H,17,18). The van der Waals surface area contributed by atoms with E-state index in [1.807, 2.05) is 0 Å². The molecule has 3 rings (SSSR count). The number of carbonyl (C=O) groups is 1. The van der Waals surface area contributed by atoms with Gasteiger partial charge in [0.2, 0.25) is 0 Å². The molecule has 0 aromatic carbocycles. The largest absolute Gasteiger partial charge is 0.481 e. The Morgan fingerprint density at radius 3 is 2.63 bits per heavy atom. The topological polar surface area (TPSA) is 49.8 Å². The highest BCUT2D eigenvalue weighted by Crippen LogP contribution is 2.36. The van der Waals surface area contributed by atoms with Crippen molar-refractivity contribution < 1.29 is 14.6 Å². The van der Waals surface area contributed by atoms with E-state index in [-0.39, 0.29) is 12.0 Å². The van der Waals surface area contributed by atoms with Gasteiger partial charge in [0.15, 0.2) is 0 Å². The van der Waals surface area contributed by atoms with E-state index in [1.54, 1.807) is 0 Å². The lowest BCUT2D eigenvalue weighted by Crippen LogP contribution is -2.55. The predicted octanol–water partition coefficient (Wildman–Crippen LogP) is 2.27. The van der Waals surface area contributed by atoms with Crippen molar-refractivity contribution >= 4 is 5.97 Å². The quantitative estimate of drug-likeness (QED) is 0.780. The van der Waals surface area contributed by atoms with Gasteiger partial charge >= 0.3 is 5.97 Å². The molecule has 1 saturated heterocycles. The molecule has 4 nitrogen and oxygen atoms in total. The van der Waals surface area contributed by atoms with Crippen molar-refractivity contribution in [3.8, 4) is 0 Å². The number of aliphatic carboxylic acids is 1. The Balaban J connectivity index is 1.78. The van der Waals surface area contributed by atoms with E-state index in [0.29, 0.717) is 12.1 Å². The molecule has 0 bridgehead atoms. The van der Waals surface area contributed by atoms with Crippen LogP contribution in [0.3, 0.4) is 0 Å². The van der Waals surface area contributed by atoms with Crippen molar-refractivity contribution in [1.29, 1.82) is 0 Å². The number of ether oxygens (including phenoxy) is 1. The monoisotopic (exact) mass is 267 g/mol. The zero-order valence-corrected chi connectivity index (χ0v) is 11.6. The molecule has 4 heteroatoms. The lowest BCUT2D eigenvalue weighted by Gasteiger charge is -2.44. The number of rotatable bonds is 2. The second-order valence-electron chi connectivity index (χ2n) is 6.30. The Hall–Kier alpha value is -0.610. The van der Waals surface area contributed by atoms with Crippen molar-refractivity contribution in [3.63, 3.8) is 0 Å². The highest BCUT2D eigenvalue weighted by atomic mass is 16.5. The van der Waals surface area contributed by atoms with Gasteiger partial charge in [-0.1, -0.05) is 19.3 Å². The third kappa shape index (κ3) is 2.65. The van der Waals surface area contributed by atoms with Crippen LogP contribution in [0.15, 0.2) is 0 Å². The number of hydrogen-bond acceptors (Lipinski definition) is 3. The number of carboxylic acids is 1. The molecule has 1 N–H and O–H groups in total. The van der Waals surface area contributed by atoms with Crippen molar-refractivity contribution in [1.82, 2.24) is 4.90 Å². The van der Waals surface area contributed by atoms with Gasteiger partial charge in [0.1, 0.15) is 0 Å². The summed E-state index contributed by atoms with van der Waals surface area (Å²) in [6.45, 7) is 1.71. The fourth-order valence-corrected chi connectivity index (χ4v) is 4.34. The molecule has 4 atom stereocenters. The summed E-state index contributed by atoms with van der Waals surface area (Å²) in [4.78, 5) is 14.1. The maximum absolute atomic E-state index is 11.6. The number of fused-ring (bicyclic) bond motifs is 1. The molecule has 3 aliphatic rings. The summed E-state index contributed by atoms with van der Waals surface area (Å²) in [6.07, 6.45) is 9.31. The summed E-state index contributed by atoms with van der Waals surface area (Å²) in [5, 5.41) is 9.55. The zero-order valence-electron chi connectivity index (χ0n) is 11.6. The Bertz CT molecular complexity index is 333. The third-order valence-electron chi connectivity index (χ3n) is 5.25. The van der Waals surface area contributed by atoms with Crippen LogP contribution in [0.1, 0.15) is 51.4 Å². The first-order chi connectivity index (χ1) is 9.27. The fourth-order valence-electron chi connectivity index (χ4n) is 4.34. The Kier molecular flexibility index (Phi) is 4.08. The molecule has 1 heterocycles. The minimum atomic E-state index is -0.590. The number of nitrogens with zero attached hydrogens (tertiary/aromatic N) is 1. The van der Waals surface area contributed by atoms with E-state index in [9.17, 15) is 9.90 Å². The molecular formula is C15H25NO3. The first-order valence-corrected chi connectivity index (χ1v) is 7.87. The van der Waals surface area contributed by atoms with Crippen LogP contribution in [-0.4, -0.2) is 47.3 Å². The minimum absolute atomic E-state index is 0.165. The molecule has 108 valence electrons. The Morgan fingerprint density at radius 1 is 1.00 bits per heavy atom. The van der Waals surface area contributed by atoms with E-state index in [4.69, 9.17) is 4.74 Å². The van der Waals surface area contributed by atoms with Crippen molar-refractivity contribution in [2.24, 2.45) is 5.92 Å². The van der Waals surface area contributed by atoms with E-state index < -0.39 is 5.97 Å². The fraction of sp³-hybridized carbons (Fsp3) is 0.933. The van der Waals surface area contributed by atoms with E-state index in [1.165, 1.54) is 25.7 Å². The van der Waals surface area contributed by atoms with Gasteiger partial charge < -0.3 is 9.84 Å². The van der Waals surface area contributed by atoms with Gasteiger partial charge in [-0.2, -0.15) is 0 Å². The average Bonchev–Trinajstić information content (AvgIpc) is 2.74. The summed E-state index contributed by atoms with van der Waals surface area (Å²) < 4.78 is 5.86. The van der Waals surface area contributed by atoms with Crippen molar-refractivity contribution in [3.05, 3.63) is 0 Å². The van der Waals surface area contributed by atoms with Gasteiger partial charge in [-0.25, -0.2) is 0 Å². The summed E-state index contributed by atoms with van der Waals surface area (Å²) in [6, 6.07) is 0.730. The van der Waals surface area contributed by atoms with Crippen LogP contribution >= 0.6 is 0 Å². The molecule has 0 aromatic heterocycles. The first kappa shape index (κ1) is 13.4. The van der Waals surface area contributed by atoms with E-state index >= 15 is 0 Å². The van der Waals surface area contributed by atoms with Crippen molar-refractivity contribution in [2.45, 2.75) is 69.6 Å². The highest BCUT2D eigenvalue weighted by Gasteiger charge is 2.43. The molecule has 0 radical (unpaired) electrons. The maximum atomic E-state index is 11.6. The molecular weight excluding hydrogens is 242 g/mol. The molecule has 0 aromatic rings. The van der Waals surface area contributed by atoms with Crippen LogP contribution in [0, 0.1) is 5.92 Å². The summed E-state index contributed by atoms with van der Waals surface area (Å²) in [5.74, 6) is -0.755. The van der Waals surface area contributed by atoms with Gasteiger partial charge in [0.05, 0.1) is 18.6 Å². The highest BCUT2D eigenvalue weighted by molar-refractivity contribution is 5.71. The molecule has 2 saturated carbocycles. The number of carboxylic acid groups (broad SMARTS) is 1. The van der Waals surface area contributed by atoms with Crippen LogP contribution in [0.5, 0.6) is 0 Å². The predicted molar refractivity (Wildman–Crippen MR) is 72.1 cm³/mol. The van der Waals surface area contributed by atoms with Gasteiger partial charge in [0, 0.05) is 18.6 Å². The molecule has 19 heavy (non-hydrogen) atoms. The van der Waals surface area contributed by atoms with Gasteiger partial charge in [-0.3, -0.25) is 9.69 Å². The summed E-state index contributed by atoms with van der Waals surface area (Å²) >= 11 is 0. The van der Waals surface area contributed by atoms with Crippen molar-refractivity contribution in [2.75, 3.05) is 13.2 Å². The molecule has 0 spiro atoms. The third-order valence-corrected chi connectivity index (χ3v) is 5.25. The van der Waals surface area contributed by atoms with Gasteiger partial charge in [-0.05, 0) is 32.1 Å². The normalized spacial score (nSPS) is 40.6. The van der Waals surface area contributed by atoms with Crippen LogP contribution in [0.2, 0.25) is 0 Å². The number of morpholine rings is 1. The van der Waals surface area contributed by atoms with E-state index in [0.717, 1.165) is 38.8 Å². The van der Waals surface area contributed by atoms with Crippen LogP contribution in [0.25, 0.3) is 0 Å².